The third-order valence-electron chi connectivity index (χ3n) is 2.42. The molecule has 0 aliphatic carbocycles. The minimum absolute atomic E-state index is 0.408. The number of nitrogen functional groups attached to an aromatic ring is 1. The van der Waals surface area contributed by atoms with Crippen molar-refractivity contribution in [3.63, 3.8) is 0 Å². The topological polar surface area (TPSA) is 69.6 Å². The molecule has 0 saturated carbocycles. The number of nitrogens with two attached hydrogens (primary N) is 1. The van der Waals surface area contributed by atoms with E-state index >= 15 is 0 Å². The number of benzene rings is 1. The van der Waals surface area contributed by atoms with Crippen LogP contribution >= 0.6 is 0 Å². The molecule has 0 aliphatic rings. The van der Waals surface area contributed by atoms with Gasteiger partial charge >= 0.3 is 0 Å². The SMILES string of the molecule is Nc1cn(-c2cccc3cnccc23)nn1. The first kappa shape index (κ1) is 8.84. The fourth-order valence-electron chi connectivity index (χ4n) is 1.70. The Morgan fingerprint density at radius 3 is 2.94 bits per heavy atom. The molecule has 1 aromatic carbocycles. The smallest absolute Gasteiger partial charge is 0.166 e. The second-order valence-corrected chi connectivity index (χ2v) is 3.46. The molecule has 0 aliphatic heterocycles. The Hall–Kier alpha value is -2.43. The molecule has 2 aromatic heterocycles. The van der Waals surface area contributed by atoms with Crippen LogP contribution in [0.5, 0.6) is 0 Å². The molecule has 5 heteroatoms. The lowest BCUT2D eigenvalue weighted by atomic mass is 10.1. The molecule has 0 radical (unpaired) electrons. The summed E-state index contributed by atoms with van der Waals surface area (Å²) >= 11 is 0. The maximum absolute atomic E-state index is 5.55. The lowest BCUT2D eigenvalue weighted by Crippen LogP contribution is -1.96. The van der Waals surface area contributed by atoms with Crippen molar-refractivity contribution in [3.8, 4) is 5.69 Å². The van der Waals surface area contributed by atoms with Gasteiger partial charge in [-0.2, -0.15) is 0 Å². The van der Waals surface area contributed by atoms with Gasteiger partial charge in [-0.15, -0.1) is 5.10 Å². The number of rotatable bonds is 1. The van der Waals surface area contributed by atoms with Gasteiger partial charge in [0, 0.05) is 23.2 Å². The predicted molar refractivity (Wildman–Crippen MR) is 61.1 cm³/mol. The Kier molecular flexibility index (Phi) is 1.83. The van der Waals surface area contributed by atoms with Crippen LogP contribution in [0.4, 0.5) is 5.82 Å². The van der Waals surface area contributed by atoms with E-state index in [0.29, 0.717) is 5.82 Å². The van der Waals surface area contributed by atoms with Gasteiger partial charge in [0.1, 0.15) is 0 Å². The third-order valence-corrected chi connectivity index (χ3v) is 2.42. The second-order valence-electron chi connectivity index (χ2n) is 3.46. The molecule has 0 fully saturated rings. The van der Waals surface area contributed by atoms with Gasteiger partial charge in [0.25, 0.3) is 0 Å². The van der Waals surface area contributed by atoms with Crippen molar-refractivity contribution in [2.24, 2.45) is 0 Å². The summed E-state index contributed by atoms with van der Waals surface area (Å²) in [6.07, 6.45) is 5.26. The maximum atomic E-state index is 5.55. The summed E-state index contributed by atoms with van der Waals surface area (Å²) in [5.74, 6) is 0.408. The lowest BCUT2D eigenvalue weighted by Gasteiger charge is -2.04. The van der Waals surface area contributed by atoms with Crippen LogP contribution in [-0.2, 0) is 0 Å². The van der Waals surface area contributed by atoms with Gasteiger partial charge in [-0.25, -0.2) is 4.68 Å². The predicted octanol–water partition coefficient (Wildman–Crippen LogP) is 1.40. The molecule has 0 unspecified atom stereocenters. The Labute approximate surface area is 91.5 Å². The number of nitrogens with zero attached hydrogens (tertiary/aromatic N) is 4. The van der Waals surface area contributed by atoms with Crippen molar-refractivity contribution in [1.82, 2.24) is 20.0 Å². The van der Waals surface area contributed by atoms with Crippen LogP contribution in [0, 0.1) is 0 Å². The Morgan fingerprint density at radius 2 is 2.12 bits per heavy atom. The van der Waals surface area contributed by atoms with Crippen molar-refractivity contribution >= 4 is 16.6 Å². The summed E-state index contributed by atoms with van der Waals surface area (Å²) in [6, 6.07) is 7.88. The molecule has 0 amide bonds. The fourth-order valence-corrected chi connectivity index (χ4v) is 1.70. The van der Waals surface area contributed by atoms with E-state index in [1.165, 1.54) is 0 Å². The third kappa shape index (κ3) is 1.30. The molecule has 5 nitrogen and oxygen atoms in total. The van der Waals surface area contributed by atoms with Crippen molar-refractivity contribution in [3.05, 3.63) is 42.9 Å². The first-order valence-electron chi connectivity index (χ1n) is 4.85. The number of fused-ring (bicyclic) bond motifs is 1. The van der Waals surface area contributed by atoms with Gasteiger partial charge in [-0.1, -0.05) is 17.3 Å². The molecule has 0 bridgehead atoms. The maximum Gasteiger partial charge on any atom is 0.166 e. The number of hydrogen-bond donors (Lipinski definition) is 1. The van der Waals surface area contributed by atoms with E-state index in [1.807, 2.05) is 30.5 Å². The molecule has 0 saturated heterocycles. The minimum atomic E-state index is 0.408. The average molecular weight is 211 g/mol. The van der Waals surface area contributed by atoms with Gasteiger partial charge in [0.2, 0.25) is 0 Å². The Morgan fingerprint density at radius 1 is 1.19 bits per heavy atom. The van der Waals surface area contributed by atoms with E-state index < -0.39 is 0 Å². The zero-order valence-electron chi connectivity index (χ0n) is 8.41. The first-order chi connectivity index (χ1) is 7.84. The second kappa shape index (κ2) is 3.30. The number of hydrogen-bond acceptors (Lipinski definition) is 4. The van der Waals surface area contributed by atoms with Gasteiger partial charge in [0.15, 0.2) is 5.82 Å². The van der Waals surface area contributed by atoms with Gasteiger partial charge in [-0.05, 0) is 12.1 Å². The molecule has 16 heavy (non-hydrogen) atoms. The summed E-state index contributed by atoms with van der Waals surface area (Å²) in [6.45, 7) is 0. The average Bonchev–Trinajstić information content (AvgIpc) is 2.75. The molecular weight excluding hydrogens is 202 g/mol. The molecule has 3 aromatic rings. The number of pyridine rings is 1. The van der Waals surface area contributed by atoms with Gasteiger partial charge in [0.05, 0.1) is 11.9 Å². The van der Waals surface area contributed by atoms with Crippen LogP contribution < -0.4 is 5.73 Å². The molecule has 78 valence electrons. The molecule has 0 atom stereocenters. The standard InChI is InChI=1S/C11H9N5/c12-11-7-16(15-14-11)10-3-1-2-8-6-13-5-4-9(8)10/h1-7H,12H2. The van der Waals surface area contributed by atoms with E-state index in [4.69, 9.17) is 5.73 Å². The van der Waals surface area contributed by atoms with Crippen molar-refractivity contribution in [1.29, 1.82) is 0 Å². The van der Waals surface area contributed by atoms with E-state index in [2.05, 4.69) is 15.3 Å². The van der Waals surface area contributed by atoms with Crippen molar-refractivity contribution < 1.29 is 0 Å². The van der Waals surface area contributed by atoms with Crippen LogP contribution in [0.1, 0.15) is 0 Å². The zero-order valence-corrected chi connectivity index (χ0v) is 8.41. The monoisotopic (exact) mass is 211 g/mol. The summed E-state index contributed by atoms with van der Waals surface area (Å²) in [4.78, 5) is 4.08. The number of anilines is 1. The Balaban J connectivity index is 2.31. The van der Waals surface area contributed by atoms with Crippen LogP contribution in [0.3, 0.4) is 0 Å². The zero-order chi connectivity index (χ0) is 11.0. The molecule has 3 rings (SSSR count). The lowest BCUT2D eigenvalue weighted by molar-refractivity contribution is 0.809. The first-order valence-corrected chi connectivity index (χ1v) is 4.85. The van der Waals surface area contributed by atoms with Crippen LogP contribution in [-0.4, -0.2) is 20.0 Å². The summed E-state index contributed by atoms with van der Waals surface area (Å²) in [7, 11) is 0. The van der Waals surface area contributed by atoms with Crippen LogP contribution in [0.25, 0.3) is 16.5 Å². The van der Waals surface area contributed by atoms with E-state index in [1.54, 1.807) is 17.1 Å². The molecule has 2 heterocycles. The minimum Gasteiger partial charge on any atom is -0.381 e. The summed E-state index contributed by atoms with van der Waals surface area (Å²) in [5.41, 5.74) is 6.50. The quantitative estimate of drug-likeness (QED) is 0.660. The van der Waals surface area contributed by atoms with Crippen LogP contribution in [0.2, 0.25) is 0 Å². The van der Waals surface area contributed by atoms with Crippen molar-refractivity contribution in [2.75, 3.05) is 5.73 Å². The Bertz CT molecular complexity index is 638. The summed E-state index contributed by atoms with van der Waals surface area (Å²) < 4.78 is 1.66. The fraction of sp³-hybridized carbons (Fsp3) is 0. The molecule has 0 spiro atoms. The highest BCUT2D eigenvalue weighted by Crippen LogP contribution is 2.20. The van der Waals surface area contributed by atoms with E-state index in [0.717, 1.165) is 16.5 Å². The van der Waals surface area contributed by atoms with Gasteiger partial charge in [-0.3, -0.25) is 4.98 Å². The van der Waals surface area contributed by atoms with Crippen LogP contribution in [0.15, 0.2) is 42.9 Å². The normalized spacial score (nSPS) is 10.8. The van der Waals surface area contributed by atoms with E-state index in [9.17, 15) is 0 Å². The largest absolute Gasteiger partial charge is 0.381 e. The number of aromatic nitrogens is 4. The highest BCUT2D eigenvalue weighted by atomic mass is 15.4. The molecular formula is C11H9N5. The van der Waals surface area contributed by atoms with Crippen molar-refractivity contribution in [2.45, 2.75) is 0 Å². The highest BCUT2D eigenvalue weighted by molar-refractivity contribution is 5.89. The van der Waals surface area contributed by atoms with E-state index in [-0.39, 0.29) is 0 Å². The highest BCUT2D eigenvalue weighted by Gasteiger charge is 2.04. The van der Waals surface area contributed by atoms with Gasteiger partial charge < -0.3 is 5.73 Å². The molecule has 2 N–H and O–H groups in total. The summed E-state index contributed by atoms with van der Waals surface area (Å²) in [5, 5.41) is 9.87.